The van der Waals surface area contributed by atoms with Crippen molar-refractivity contribution in [1.82, 2.24) is 0 Å². The predicted octanol–water partition coefficient (Wildman–Crippen LogP) is 5.53. The molecule has 0 N–H and O–H groups in total. The molecule has 2 rings (SSSR count). The third kappa shape index (κ3) is 4.02. The summed E-state index contributed by atoms with van der Waals surface area (Å²) in [5.41, 5.74) is 1.77. The van der Waals surface area contributed by atoms with E-state index in [1.165, 1.54) is 10.5 Å². The van der Waals surface area contributed by atoms with E-state index in [0.29, 0.717) is 22.0 Å². The summed E-state index contributed by atoms with van der Waals surface area (Å²) in [6.07, 6.45) is 3.21. The lowest BCUT2D eigenvalue weighted by Gasteiger charge is -2.07. The first-order chi connectivity index (χ1) is 9.60. The van der Waals surface area contributed by atoms with E-state index in [-0.39, 0.29) is 5.78 Å². The Hall–Kier alpha value is -0.960. The molecule has 0 aliphatic rings. The summed E-state index contributed by atoms with van der Waals surface area (Å²) < 4.78 is 0. The van der Waals surface area contributed by atoms with Crippen molar-refractivity contribution in [3.8, 4) is 0 Å². The zero-order valence-electron chi connectivity index (χ0n) is 11.0. The second kappa shape index (κ2) is 7.16. The Morgan fingerprint density at radius 2 is 1.75 bits per heavy atom. The van der Waals surface area contributed by atoms with Gasteiger partial charge >= 0.3 is 0 Å². The maximum Gasteiger partial charge on any atom is 0.163 e. The molecule has 0 amide bonds. The molecule has 0 spiro atoms. The van der Waals surface area contributed by atoms with Gasteiger partial charge in [-0.25, -0.2) is 0 Å². The van der Waals surface area contributed by atoms with Crippen LogP contribution in [0, 0.1) is 0 Å². The molecular formula is C16H14Cl2OS. The highest BCUT2D eigenvalue weighted by Gasteiger charge is 2.09. The fourth-order valence-electron chi connectivity index (χ4n) is 2.02. The van der Waals surface area contributed by atoms with Crippen molar-refractivity contribution in [2.45, 2.75) is 17.7 Å². The van der Waals surface area contributed by atoms with Crippen LogP contribution in [0.2, 0.25) is 10.0 Å². The summed E-state index contributed by atoms with van der Waals surface area (Å²) in [5, 5.41) is 0.982. The number of rotatable bonds is 5. The van der Waals surface area contributed by atoms with Gasteiger partial charge in [-0.05, 0) is 42.5 Å². The molecular weight excluding hydrogens is 311 g/mol. The third-order valence-electron chi connectivity index (χ3n) is 3.00. The SMILES string of the molecule is CSc1ccccc1CCC(=O)c1cc(Cl)cc(Cl)c1. The van der Waals surface area contributed by atoms with E-state index in [1.54, 1.807) is 30.0 Å². The molecule has 0 heterocycles. The van der Waals surface area contributed by atoms with Crippen molar-refractivity contribution in [3.63, 3.8) is 0 Å². The first-order valence-electron chi connectivity index (χ1n) is 6.21. The Morgan fingerprint density at radius 1 is 1.10 bits per heavy atom. The van der Waals surface area contributed by atoms with Gasteiger partial charge in [-0.1, -0.05) is 41.4 Å². The zero-order valence-corrected chi connectivity index (χ0v) is 13.4. The molecule has 0 aliphatic carbocycles. The lowest BCUT2D eigenvalue weighted by atomic mass is 10.0. The second-order valence-electron chi connectivity index (χ2n) is 4.39. The molecule has 4 heteroatoms. The van der Waals surface area contributed by atoms with Gasteiger partial charge in [-0.15, -0.1) is 11.8 Å². The van der Waals surface area contributed by atoms with Gasteiger partial charge in [-0.2, -0.15) is 0 Å². The number of hydrogen-bond acceptors (Lipinski definition) is 2. The average Bonchev–Trinajstić information content (AvgIpc) is 2.44. The maximum absolute atomic E-state index is 12.2. The van der Waals surface area contributed by atoms with Gasteiger partial charge in [0.25, 0.3) is 0 Å². The van der Waals surface area contributed by atoms with Crippen molar-refractivity contribution in [3.05, 3.63) is 63.6 Å². The summed E-state index contributed by atoms with van der Waals surface area (Å²) in [4.78, 5) is 13.4. The number of benzene rings is 2. The normalized spacial score (nSPS) is 10.6. The van der Waals surface area contributed by atoms with Crippen LogP contribution in [0.1, 0.15) is 22.3 Å². The summed E-state index contributed by atoms with van der Waals surface area (Å²) in [6, 6.07) is 13.1. The third-order valence-corrected chi connectivity index (χ3v) is 4.27. The van der Waals surface area contributed by atoms with Gasteiger partial charge in [0.05, 0.1) is 0 Å². The van der Waals surface area contributed by atoms with Crippen LogP contribution in [-0.2, 0) is 6.42 Å². The molecule has 104 valence electrons. The number of hydrogen-bond donors (Lipinski definition) is 0. The van der Waals surface area contributed by atoms with Crippen molar-refractivity contribution in [2.24, 2.45) is 0 Å². The van der Waals surface area contributed by atoms with E-state index >= 15 is 0 Å². The molecule has 0 atom stereocenters. The number of thioether (sulfide) groups is 1. The highest BCUT2D eigenvalue weighted by atomic mass is 35.5. The van der Waals surface area contributed by atoms with E-state index in [1.807, 2.05) is 18.4 Å². The molecule has 0 bridgehead atoms. The number of ketones is 1. The quantitative estimate of drug-likeness (QED) is 0.531. The molecule has 0 saturated heterocycles. The van der Waals surface area contributed by atoms with Gasteiger partial charge in [-0.3, -0.25) is 4.79 Å². The fourth-order valence-corrected chi connectivity index (χ4v) is 3.19. The number of halogens is 2. The van der Waals surface area contributed by atoms with E-state index in [9.17, 15) is 4.79 Å². The van der Waals surface area contributed by atoms with Crippen molar-refractivity contribution < 1.29 is 4.79 Å². The Morgan fingerprint density at radius 3 is 2.40 bits per heavy atom. The monoisotopic (exact) mass is 324 g/mol. The molecule has 2 aromatic carbocycles. The van der Waals surface area contributed by atoms with Crippen LogP contribution in [0.4, 0.5) is 0 Å². The van der Waals surface area contributed by atoms with Gasteiger partial charge in [0.15, 0.2) is 5.78 Å². The van der Waals surface area contributed by atoms with Crippen molar-refractivity contribution >= 4 is 40.7 Å². The van der Waals surface area contributed by atoms with E-state index in [0.717, 1.165) is 6.42 Å². The number of carbonyl (C=O) groups is 1. The molecule has 0 radical (unpaired) electrons. The number of Topliss-reactive ketones (excluding diaryl/α,β-unsaturated/α-hetero) is 1. The van der Waals surface area contributed by atoms with Crippen LogP contribution in [-0.4, -0.2) is 12.0 Å². The number of carbonyl (C=O) groups excluding carboxylic acids is 1. The van der Waals surface area contributed by atoms with E-state index < -0.39 is 0 Å². The minimum Gasteiger partial charge on any atom is -0.294 e. The predicted molar refractivity (Wildman–Crippen MR) is 87.3 cm³/mol. The molecule has 0 aliphatic heterocycles. The summed E-state index contributed by atoms with van der Waals surface area (Å²) in [6.45, 7) is 0. The van der Waals surface area contributed by atoms with Crippen LogP contribution in [0.5, 0.6) is 0 Å². The fraction of sp³-hybridized carbons (Fsp3) is 0.188. The Bertz CT molecular complexity index is 605. The standard InChI is InChI=1S/C16H14Cl2OS/c1-20-16-5-3-2-4-11(16)6-7-15(19)12-8-13(17)10-14(18)9-12/h2-5,8-10H,6-7H2,1H3. The maximum atomic E-state index is 12.2. The van der Waals surface area contributed by atoms with Crippen LogP contribution in [0.3, 0.4) is 0 Å². The molecule has 0 saturated carbocycles. The highest BCUT2D eigenvalue weighted by Crippen LogP contribution is 2.23. The first-order valence-corrected chi connectivity index (χ1v) is 8.19. The van der Waals surface area contributed by atoms with Crippen molar-refractivity contribution in [2.75, 3.05) is 6.26 Å². The zero-order chi connectivity index (χ0) is 14.5. The minimum absolute atomic E-state index is 0.0605. The van der Waals surface area contributed by atoms with Gasteiger partial charge in [0.2, 0.25) is 0 Å². The molecule has 0 unspecified atom stereocenters. The topological polar surface area (TPSA) is 17.1 Å². The van der Waals surface area contributed by atoms with Crippen LogP contribution >= 0.6 is 35.0 Å². The second-order valence-corrected chi connectivity index (χ2v) is 6.11. The van der Waals surface area contributed by atoms with Crippen molar-refractivity contribution in [1.29, 1.82) is 0 Å². The molecule has 0 fully saturated rings. The van der Waals surface area contributed by atoms with Crippen LogP contribution < -0.4 is 0 Å². The minimum atomic E-state index is 0.0605. The Labute approximate surface area is 133 Å². The smallest absolute Gasteiger partial charge is 0.163 e. The summed E-state index contributed by atoms with van der Waals surface area (Å²) in [7, 11) is 0. The van der Waals surface area contributed by atoms with Gasteiger partial charge in [0.1, 0.15) is 0 Å². The first kappa shape index (κ1) is 15.4. The lowest BCUT2D eigenvalue weighted by molar-refractivity contribution is 0.0982. The summed E-state index contributed by atoms with van der Waals surface area (Å²) in [5.74, 6) is 0.0605. The van der Waals surface area contributed by atoms with E-state index in [2.05, 4.69) is 12.1 Å². The molecule has 1 nitrogen and oxygen atoms in total. The Kier molecular flexibility index (Phi) is 5.53. The number of aryl methyl sites for hydroxylation is 1. The highest BCUT2D eigenvalue weighted by molar-refractivity contribution is 7.98. The molecule has 20 heavy (non-hydrogen) atoms. The molecule has 2 aromatic rings. The Balaban J connectivity index is 2.08. The molecule has 0 aromatic heterocycles. The average molecular weight is 325 g/mol. The van der Waals surface area contributed by atoms with Crippen LogP contribution in [0.15, 0.2) is 47.4 Å². The summed E-state index contributed by atoms with van der Waals surface area (Å²) >= 11 is 13.5. The lowest BCUT2D eigenvalue weighted by Crippen LogP contribution is -2.02. The van der Waals surface area contributed by atoms with Crippen LogP contribution in [0.25, 0.3) is 0 Å². The van der Waals surface area contributed by atoms with Gasteiger partial charge in [0, 0.05) is 26.9 Å². The van der Waals surface area contributed by atoms with Gasteiger partial charge < -0.3 is 0 Å². The van der Waals surface area contributed by atoms with E-state index in [4.69, 9.17) is 23.2 Å². The largest absolute Gasteiger partial charge is 0.294 e.